The molecule has 1 rings (SSSR count). The summed E-state index contributed by atoms with van der Waals surface area (Å²) < 4.78 is 22.9. The van der Waals surface area contributed by atoms with Gasteiger partial charge in [-0.3, -0.25) is 0 Å². The molecule has 1 aliphatic rings. The first kappa shape index (κ1) is 9.85. The summed E-state index contributed by atoms with van der Waals surface area (Å²) in [5.74, 6) is 2.82. The second kappa shape index (κ2) is 3.65. The largest absolute Gasteiger partial charge is 0.299 e. The molecule has 5 heteroatoms. The van der Waals surface area contributed by atoms with Crippen molar-refractivity contribution in [3.8, 4) is 12.3 Å². The monoisotopic (exact) mass is 207 g/mol. The Balaban J connectivity index is 2.54. The molecule has 0 spiro atoms. The summed E-state index contributed by atoms with van der Waals surface area (Å²) in [4.78, 5) is 0. The van der Waals surface area contributed by atoms with Crippen LogP contribution in [-0.4, -0.2) is 25.8 Å². The van der Waals surface area contributed by atoms with E-state index in [4.69, 9.17) is 17.1 Å². The van der Waals surface area contributed by atoms with Crippen LogP contribution in [0.25, 0.3) is 0 Å². The lowest BCUT2D eigenvalue weighted by atomic mass is 10.00. The van der Waals surface area contributed by atoms with Gasteiger partial charge in [0, 0.05) is 29.7 Å². The molecule has 0 N–H and O–H groups in total. The van der Waals surface area contributed by atoms with E-state index >= 15 is 0 Å². The summed E-state index contributed by atoms with van der Waals surface area (Å²) in [6.07, 6.45) is 6.63. The van der Waals surface area contributed by atoms with Crippen LogP contribution < -0.4 is 0 Å². The van der Waals surface area contributed by atoms with E-state index in [2.05, 4.69) is 5.92 Å². The normalized spacial score (nSPS) is 22.0. The lowest BCUT2D eigenvalue weighted by Crippen LogP contribution is -2.35. The number of terminal acetylenes is 1. The first-order valence-corrected chi connectivity index (χ1v) is 5.96. The van der Waals surface area contributed by atoms with Crippen molar-refractivity contribution in [1.82, 2.24) is 4.31 Å². The number of piperidine rings is 1. The van der Waals surface area contributed by atoms with Crippen molar-refractivity contribution in [1.29, 1.82) is 0 Å². The fourth-order valence-electron chi connectivity index (χ4n) is 1.24. The van der Waals surface area contributed by atoms with E-state index in [1.54, 1.807) is 0 Å². The quantitative estimate of drug-likeness (QED) is 0.472. The van der Waals surface area contributed by atoms with Crippen molar-refractivity contribution >= 4 is 19.9 Å². The predicted octanol–water partition coefficient (Wildman–Crippen LogP) is 0.815. The van der Waals surface area contributed by atoms with Crippen molar-refractivity contribution in [2.24, 2.45) is 5.92 Å². The van der Waals surface area contributed by atoms with E-state index in [0.29, 0.717) is 25.9 Å². The fraction of sp³-hybridized carbons (Fsp3) is 0.714. The highest BCUT2D eigenvalue weighted by atomic mass is 35.7. The van der Waals surface area contributed by atoms with Crippen molar-refractivity contribution in [2.75, 3.05) is 13.1 Å². The number of hydrogen-bond donors (Lipinski definition) is 0. The molecule has 0 amide bonds. The summed E-state index contributed by atoms with van der Waals surface area (Å²) in [6.45, 7) is 0.890. The minimum Gasteiger partial charge on any atom is -0.195 e. The minimum absolute atomic E-state index is 0.208. The van der Waals surface area contributed by atoms with Gasteiger partial charge in [0.2, 0.25) is 0 Å². The second-order valence-corrected chi connectivity index (χ2v) is 5.29. The lowest BCUT2D eigenvalue weighted by Gasteiger charge is -2.26. The Hall–Kier alpha value is -0.240. The molecule has 1 heterocycles. The van der Waals surface area contributed by atoms with Gasteiger partial charge in [0.25, 0.3) is 9.24 Å². The summed E-state index contributed by atoms with van der Waals surface area (Å²) in [5, 5.41) is 0. The number of hydrogen-bond acceptors (Lipinski definition) is 2. The van der Waals surface area contributed by atoms with Gasteiger partial charge < -0.3 is 0 Å². The molecule has 3 nitrogen and oxygen atoms in total. The van der Waals surface area contributed by atoms with Crippen LogP contribution in [0.3, 0.4) is 0 Å². The van der Waals surface area contributed by atoms with Gasteiger partial charge in [-0.15, -0.1) is 12.3 Å². The van der Waals surface area contributed by atoms with Gasteiger partial charge in [-0.25, -0.2) is 0 Å². The minimum atomic E-state index is -3.52. The number of rotatable bonds is 1. The molecule has 0 aromatic rings. The summed E-state index contributed by atoms with van der Waals surface area (Å²) >= 11 is 0. The molecule has 68 valence electrons. The molecule has 0 atom stereocenters. The highest BCUT2D eigenvalue weighted by Gasteiger charge is 2.25. The molecule has 0 radical (unpaired) electrons. The van der Waals surface area contributed by atoms with E-state index in [-0.39, 0.29) is 5.92 Å². The summed E-state index contributed by atoms with van der Waals surface area (Å²) in [6, 6.07) is 0. The SMILES string of the molecule is C#CC1CCN(S(=O)(=O)Cl)CC1. The molecule has 1 saturated heterocycles. The molecule has 0 aromatic heterocycles. The zero-order chi connectivity index (χ0) is 9.19. The van der Waals surface area contributed by atoms with Crippen LogP contribution in [0.5, 0.6) is 0 Å². The molecule has 0 saturated carbocycles. The molecule has 12 heavy (non-hydrogen) atoms. The molecule has 1 fully saturated rings. The molecule has 0 unspecified atom stereocenters. The highest BCUT2D eigenvalue weighted by Crippen LogP contribution is 2.19. The topological polar surface area (TPSA) is 37.4 Å². The maximum Gasteiger partial charge on any atom is 0.299 e. The first-order valence-electron chi connectivity index (χ1n) is 3.70. The Kier molecular flexibility index (Phi) is 2.99. The van der Waals surface area contributed by atoms with Crippen LogP contribution >= 0.6 is 10.7 Å². The Bertz CT molecular complexity index is 285. The smallest absolute Gasteiger partial charge is 0.195 e. The average molecular weight is 208 g/mol. The van der Waals surface area contributed by atoms with Crippen molar-refractivity contribution < 1.29 is 8.42 Å². The van der Waals surface area contributed by atoms with Gasteiger partial charge >= 0.3 is 0 Å². The van der Waals surface area contributed by atoms with Gasteiger partial charge in [0.05, 0.1) is 0 Å². The van der Waals surface area contributed by atoms with Gasteiger partial charge in [-0.05, 0) is 12.8 Å². The van der Waals surface area contributed by atoms with Gasteiger partial charge in [-0.2, -0.15) is 12.7 Å². The molecule has 1 aliphatic heterocycles. The van der Waals surface area contributed by atoms with E-state index in [0.717, 1.165) is 0 Å². The van der Waals surface area contributed by atoms with Crippen molar-refractivity contribution in [3.05, 3.63) is 0 Å². The standard InChI is InChI=1S/C7H10ClNO2S/c1-2-7-3-5-9(6-4-7)12(8,10)11/h1,7H,3-6H2. The maximum absolute atomic E-state index is 10.8. The van der Waals surface area contributed by atoms with Crippen LogP contribution in [0.2, 0.25) is 0 Å². The van der Waals surface area contributed by atoms with Crippen LogP contribution in [0, 0.1) is 18.3 Å². The molecular weight excluding hydrogens is 198 g/mol. The molecule has 0 aromatic carbocycles. The second-order valence-electron chi connectivity index (χ2n) is 2.78. The summed E-state index contributed by atoms with van der Waals surface area (Å²) in [7, 11) is 1.63. The first-order chi connectivity index (χ1) is 5.54. The Morgan fingerprint density at radius 3 is 2.25 bits per heavy atom. The highest BCUT2D eigenvalue weighted by molar-refractivity contribution is 8.11. The third-order valence-corrected chi connectivity index (χ3v) is 3.57. The number of halogens is 1. The maximum atomic E-state index is 10.8. The van der Waals surface area contributed by atoms with Crippen molar-refractivity contribution in [2.45, 2.75) is 12.8 Å². The zero-order valence-electron chi connectivity index (χ0n) is 6.53. The van der Waals surface area contributed by atoms with Crippen LogP contribution in [0.15, 0.2) is 0 Å². The Morgan fingerprint density at radius 2 is 1.92 bits per heavy atom. The molecule has 0 aliphatic carbocycles. The van der Waals surface area contributed by atoms with E-state index in [1.807, 2.05) is 0 Å². The average Bonchev–Trinajstić information content (AvgIpc) is 2.03. The van der Waals surface area contributed by atoms with Gasteiger partial charge in [0.1, 0.15) is 0 Å². The molecular formula is C7H10ClNO2S. The van der Waals surface area contributed by atoms with E-state index in [9.17, 15) is 8.42 Å². The predicted molar refractivity (Wildman–Crippen MR) is 47.9 cm³/mol. The number of nitrogens with zero attached hydrogens (tertiary/aromatic N) is 1. The Morgan fingerprint density at radius 1 is 1.42 bits per heavy atom. The zero-order valence-corrected chi connectivity index (χ0v) is 8.11. The van der Waals surface area contributed by atoms with Crippen LogP contribution in [0.4, 0.5) is 0 Å². The Labute approximate surface area is 77.2 Å². The lowest BCUT2D eigenvalue weighted by molar-refractivity contribution is 0.316. The van der Waals surface area contributed by atoms with Crippen LogP contribution in [0.1, 0.15) is 12.8 Å². The van der Waals surface area contributed by atoms with Gasteiger partial charge in [0.15, 0.2) is 0 Å². The van der Waals surface area contributed by atoms with Gasteiger partial charge in [-0.1, -0.05) is 0 Å². The van der Waals surface area contributed by atoms with E-state index < -0.39 is 9.24 Å². The third-order valence-electron chi connectivity index (χ3n) is 2.00. The van der Waals surface area contributed by atoms with Crippen LogP contribution in [-0.2, 0) is 9.24 Å². The third kappa shape index (κ3) is 2.37. The fourth-order valence-corrected chi connectivity index (χ4v) is 2.30. The van der Waals surface area contributed by atoms with E-state index in [1.165, 1.54) is 4.31 Å². The summed E-state index contributed by atoms with van der Waals surface area (Å²) in [5.41, 5.74) is 0. The molecule has 0 bridgehead atoms. The van der Waals surface area contributed by atoms with Crippen molar-refractivity contribution in [3.63, 3.8) is 0 Å².